The summed E-state index contributed by atoms with van der Waals surface area (Å²) in [5, 5.41) is 1.80. The van der Waals surface area contributed by atoms with E-state index in [1.165, 1.54) is 23.5 Å². The van der Waals surface area contributed by atoms with Crippen molar-refractivity contribution in [3.05, 3.63) is 49.9 Å². The van der Waals surface area contributed by atoms with E-state index >= 15 is 0 Å². The first-order valence-corrected chi connectivity index (χ1v) is 6.51. The molecule has 0 atom stereocenters. The number of nitrogen functional groups attached to an aromatic ring is 1. The number of benzene rings is 1. The number of hydrogen-bond donors (Lipinski definition) is 1. The summed E-state index contributed by atoms with van der Waals surface area (Å²) in [7, 11) is 0. The standard InChI is InChI=1S/C12H9BrFNOS/c1-6-9(14)4-7(5-10(6)15)11(16)12-8(13)2-3-17-12/h2-5H,15H2,1H3. The van der Waals surface area contributed by atoms with Gasteiger partial charge in [0, 0.05) is 21.3 Å². The van der Waals surface area contributed by atoms with Crippen LogP contribution in [0.2, 0.25) is 0 Å². The quantitative estimate of drug-likeness (QED) is 0.677. The van der Waals surface area contributed by atoms with Crippen molar-refractivity contribution < 1.29 is 9.18 Å². The lowest BCUT2D eigenvalue weighted by Gasteiger charge is -2.05. The Kier molecular flexibility index (Phi) is 3.31. The average molecular weight is 314 g/mol. The summed E-state index contributed by atoms with van der Waals surface area (Å²) in [4.78, 5) is 12.7. The zero-order valence-corrected chi connectivity index (χ0v) is 11.4. The first kappa shape index (κ1) is 12.3. The molecule has 88 valence electrons. The molecule has 0 amide bonds. The maximum absolute atomic E-state index is 13.5. The molecule has 2 aromatic rings. The Bertz CT molecular complexity index is 571. The molecule has 0 fully saturated rings. The Morgan fingerprint density at radius 3 is 2.71 bits per heavy atom. The minimum atomic E-state index is -0.457. The van der Waals surface area contributed by atoms with Gasteiger partial charge in [-0.2, -0.15) is 0 Å². The van der Waals surface area contributed by atoms with Crippen LogP contribution < -0.4 is 5.73 Å². The molecule has 1 aromatic carbocycles. The van der Waals surface area contributed by atoms with Gasteiger partial charge < -0.3 is 5.73 Å². The fourth-order valence-corrected chi connectivity index (χ4v) is 2.93. The predicted octanol–water partition coefficient (Wildman–Crippen LogP) is 3.77. The van der Waals surface area contributed by atoms with Crippen LogP contribution in [-0.4, -0.2) is 5.78 Å². The molecule has 1 aromatic heterocycles. The van der Waals surface area contributed by atoms with E-state index in [1.54, 1.807) is 18.4 Å². The highest BCUT2D eigenvalue weighted by molar-refractivity contribution is 9.10. The molecule has 2 N–H and O–H groups in total. The zero-order valence-electron chi connectivity index (χ0n) is 8.96. The molecule has 0 radical (unpaired) electrons. The van der Waals surface area contributed by atoms with E-state index in [9.17, 15) is 9.18 Å². The molecule has 0 aliphatic heterocycles. The number of rotatable bonds is 2. The molecule has 0 unspecified atom stereocenters. The third kappa shape index (κ3) is 2.25. The van der Waals surface area contributed by atoms with Crippen LogP contribution in [0.5, 0.6) is 0 Å². The SMILES string of the molecule is Cc1c(N)cc(C(=O)c2sccc2Br)cc1F. The van der Waals surface area contributed by atoms with Gasteiger partial charge in [0.2, 0.25) is 5.78 Å². The molecule has 0 bridgehead atoms. The van der Waals surface area contributed by atoms with Crippen LogP contribution in [-0.2, 0) is 0 Å². The summed E-state index contributed by atoms with van der Waals surface area (Å²) in [6.07, 6.45) is 0. The highest BCUT2D eigenvalue weighted by Gasteiger charge is 2.16. The second-order valence-electron chi connectivity index (χ2n) is 3.60. The fourth-order valence-electron chi connectivity index (χ4n) is 1.42. The number of halogens is 2. The van der Waals surface area contributed by atoms with Crippen LogP contribution >= 0.6 is 27.3 Å². The maximum Gasteiger partial charge on any atom is 0.204 e. The van der Waals surface area contributed by atoms with Gasteiger partial charge in [-0.1, -0.05) is 0 Å². The van der Waals surface area contributed by atoms with Gasteiger partial charge in [-0.25, -0.2) is 4.39 Å². The molecule has 1 heterocycles. The normalized spacial score (nSPS) is 10.5. The van der Waals surface area contributed by atoms with Gasteiger partial charge in [-0.15, -0.1) is 11.3 Å². The Hall–Kier alpha value is -1.20. The van der Waals surface area contributed by atoms with E-state index in [0.717, 1.165) is 0 Å². The van der Waals surface area contributed by atoms with E-state index < -0.39 is 5.82 Å². The monoisotopic (exact) mass is 313 g/mol. The molecular weight excluding hydrogens is 305 g/mol. The first-order chi connectivity index (χ1) is 8.00. The van der Waals surface area contributed by atoms with E-state index in [2.05, 4.69) is 15.9 Å². The number of hydrogen-bond acceptors (Lipinski definition) is 3. The van der Waals surface area contributed by atoms with Crippen molar-refractivity contribution in [2.45, 2.75) is 6.92 Å². The van der Waals surface area contributed by atoms with E-state index in [0.29, 0.717) is 20.6 Å². The van der Waals surface area contributed by atoms with E-state index in [4.69, 9.17) is 5.73 Å². The van der Waals surface area contributed by atoms with Gasteiger partial charge in [-0.3, -0.25) is 4.79 Å². The third-order valence-electron chi connectivity index (χ3n) is 2.47. The summed E-state index contributed by atoms with van der Waals surface area (Å²) < 4.78 is 14.2. The smallest absolute Gasteiger partial charge is 0.204 e. The lowest BCUT2D eigenvalue weighted by atomic mass is 10.1. The Labute approximate surface area is 110 Å². The van der Waals surface area contributed by atoms with Crippen molar-refractivity contribution >= 4 is 38.7 Å². The van der Waals surface area contributed by atoms with Gasteiger partial charge in [0.25, 0.3) is 0 Å². The number of thiophene rings is 1. The lowest BCUT2D eigenvalue weighted by molar-refractivity contribution is 0.104. The first-order valence-electron chi connectivity index (χ1n) is 4.84. The van der Waals surface area contributed by atoms with E-state index in [-0.39, 0.29) is 11.3 Å². The second kappa shape index (κ2) is 4.58. The topological polar surface area (TPSA) is 43.1 Å². The van der Waals surface area contributed by atoms with Crippen molar-refractivity contribution in [2.24, 2.45) is 0 Å². The largest absolute Gasteiger partial charge is 0.398 e. The van der Waals surface area contributed by atoms with Crippen molar-refractivity contribution in [3.8, 4) is 0 Å². The highest BCUT2D eigenvalue weighted by atomic mass is 79.9. The molecule has 5 heteroatoms. The van der Waals surface area contributed by atoms with Crippen molar-refractivity contribution in [3.63, 3.8) is 0 Å². The summed E-state index contributed by atoms with van der Waals surface area (Å²) in [6.45, 7) is 1.58. The average Bonchev–Trinajstić information content (AvgIpc) is 2.70. The summed E-state index contributed by atoms with van der Waals surface area (Å²) in [5.74, 6) is -0.682. The summed E-state index contributed by atoms with van der Waals surface area (Å²) >= 11 is 4.59. The predicted molar refractivity (Wildman–Crippen MR) is 71.0 cm³/mol. The van der Waals surface area contributed by atoms with Crippen molar-refractivity contribution in [1.82, 2.24) is 0 Å². The second-order valence-corrected chi connectivity index (χ2v) is 5.37. The molecule has 17 heavy (non-hydrogen) atoms. The highest BCUT2D eigenvalue weighted by Crippen LogP contribution is 2.27. The van der Waals surface area contributed by atoms with Crippen LogP contribution in [0.4, 0.5) is 10.1 Å². The minimum Gasteiger partial charge on any atom is -0.398 e. The Balaban J connectivity index is 2.49. The minimum absolute atomic E-state index is 0.225. The van der Waals surface area contributed by atoms with Crippen LogP contribution in [0.25, 0.3) is 0 Å². The maximum atomic E-state index is 13.5. The fraction of sp³-hybridized carbons (Fsp3) is 0.0833. The van der Waals surface area contributed by atoms with Crippen molar-refractivity contribution in [1.29, 1.82) is 0 Å². The van der Waals surface area contributed by atoms with Crippen molar-refractivity contribution in [2.75, 3.05) is 5.73 Å². The molecule has 0 aliphatic rings. The summed E-state index contributed by atoms with van der Waals surface area (Å²) in [6, 6.07) is 4.51. The molecule has 2 rings (SSSR count). The van der Waals surface area contributed by atoms with Crippen LogP contribution in [0, 0.1) is 12.7 Å². The Morgan fingerprint density at radius 1 is 1.47 bits per heavy atom. The number of carbonyl (C=O) groups excluding carboxylic acids is 1. The molecule has 0 aliphatic carbocycles. The molecule has 0 spiro atoms. The van der Waals surface area contributed by atoms with Gasteiger partial charge >= 0.3 is 0 Å². The van der Waals surface area contributed by atoms with Gasteiger partial charge in [0.1, 0.15) is 5.82 Å². The van der Waals surface area contributed by atoms with Crippen LogP contribution in [0.3, 0.4) is 0 Å². The number of ketones is 1. The van der Waals surface area contributed by atoms with Gasteiger partial charge in [0.05, 0.1) is 4.88 Å². The Morgan fingerprint density at radius 2 is 2.18 bits per heavy atom. The molecule has 0 saturated carbocycles. The third-order valence-corrected chi connectivity index (χ3v) is 4.31. The zero-order chi connectivity index (χ0) is 12.6. The van der Waals surface area contributed by atoms with E-state index in [1.807, 2.05) is 0 Å². The number of nitrogens with two attached hydrogens (primary N) is 1. The molecule has 0 saturated heterocycles. The molecular formula is C12H9BrFNOS. The van der Waals surface area contributed by atoms with Gasteiger partial charge in [0.15, 0.2) is 0 Å². The van der Waals surface area contributed by atoms with Crippen LogP contribution in [0.15, 0.2) is 28.1 Å². The molecule has 2 nitrogen and oxygen atoms in total. The number of anilines is 1. The summed E-state index contributed by atoms with van der Waals surface area (Å²) in [5.41, 5.74) is 6.58. The lowest BCUT2D eigenvalue weighted by Crippen LogP contribution is -2.03. The van der Waals surface area contributed by atoms with Crippen LogP contribution in [0.1, 0.15) is 20.8 Å². The van der Waals surface area contributed by atoms with Gasteiger partial charge in [-0.05, 0) is 46.4 Å². The number of carbonyl (C=O) groups is 1.